The summed E-state index contributed by atoms with van der Waals surface area (Å²) in [5, 5.41) is 18.4. The Kier molecular flexibility index (Phi) is 3.35. The zero-order chi connectivity index (χ0) is 15.5. The number of carbonyl (C=O) groups is 1. The number of nitrogens with two attached hydrogens (primary N) is 1. The SMILES string of the molecule is Cc1nnn(-c2nonc2N)c1C(=O)N/N=C\c1ccco1. The number of hydrazone groups is 1. The van der Waals surface area contributed by atoms with Crippen molar-refractivity contribution in [1.29, 1.82) is 0 Å². The van der Waals surface area contributed by atoms with Gasteiger partial charge in [-0.2, -0.15) is 9.78 Å². The highest BCUT2D eigenvalue weighted by molar-refractivity contribution is 5.94. The second kappa shape index (κ2) is 5.47. The molecule has 0 aromatic carbocycles. The molecule has 3 N–H and O–H groups in total. The van der Waals surface area contributed by atoms with Crippen LogP contribution < -0.4 is 11.2 Å². The number of furan rings is 1. The molecule has 0 fully saturated rings. The molecule has 112 valence electrons. The fourth-order valence-corrected chi connectivity index (χ4v) is 1.68. The summed E-state index contributed by atoms with van der Waals surface area (Å²) in [6, 6.07) is 3.39. The predicted molar refractivity (Wildman–Crippen MR) is 72.1 cm³/mol. The minimum absolute atomic E-state index is 0.0157. The minimum Gasteiger partial charge on any atom is -0.463 e. The zero-order valence-corrected chi connectivity index (χ0v) is 11.3. The molecule has 3 aromatic heterocycles. The molecule has 0 saturated carbocycles. The first-order valence-corrected chi connectivity index (χ1v) is 6.04. The molecule has 0 aliphatic carbocycles. The van der Waals surface area contributed by atoms with Gasteiger partial charge in [-0.15, -0.1) is 5.10 Å². The van der Waals surface area contributed by atoms with Crippen LogP contribution in [0.3, 0.4) is 0 Å². The Morgan fingerprint density at radius 1 is 1.50 bits per heavy atom. The molecular weight excluding hydrogens is 292 g/mol. The van der Waals surface area contributed by atoms with Gasteiger partial charge in [0, 0.05) is 0 Å². The number of anilines is 1. The largest absolute Gasteiger partial charge is 0.463 e. The monoisotopic (exact) mass is 302 g/mol. The molecule has 0 aliphatic heterocycles. The van der Waals surface area contributed by atoms with Gasteiger partial charge in [0.05, 0.1) is 18.2 Å². The molecule has 0 spiro atoms. The Bertz CT molecular complexity index is 816. The lowest BCUT2D eigenvalue weighted by molar-refractivity contribution is 0.0946. The first kappa shape index (κ1) is 13.5. The van der Waals surface area contributed by atoms with E-state index >= 15 is 0 Å². The van der Waals surface area contributed by atoms with Crippen molar-refractivity contribution in [2.24, 2.45) is 5.10 Å². The first-order valence-electron chi connectivity index (χ1n) is 6.04. The van der Waals surface area contributed by atoms with Gasteiger partial charge in [0.1, 0.15) is 5.76 Å². The molecule has 3 rings (SSSR count). The maximum Gasteiger partial charge on any atom is 0.292 e. The lowest BCUT2D eigenvalue weighted by atomic mass is 10.3. The van der Waals surface area contributed by atoms with Crippen LogP contribution in [0.5, 0.6) is 0 Å². The average molecular weight is 302 g/mol. The van der Waals surface area contributed by atoms with Gasteiger partial charge in [-0.3, -0.25) is 4.79 Å². The predicted octanol–water partition coefficient (Wildman–Crippen LogP) is -0.102. The third-order valence-electron chi connectivity index (χ3n) is 2.65. The number of hydrogen-bond donors (Lipinski definition) is 2. The van der Waals surface area contributed by atoms with Crippen molar-refractivity contribution in [3.63, 3.8) is 0 Å². The Labute approximate surface area is 122 Å². The van der Waals surface area contributed by atoms with Crippen molar-refractivity contribution < 1.29 is 13.8 Å². The van der Waals surface area contributed by atoms with Crippen LogP contribution in [0.2, 0.25) is 0 Å². The maximum absolute atomic E-state index is 12.2. The smallest absolute Gasteiger partial charge is 0.292 e. The van der Waals surface area contributed by atoms with E-state index in [-0.39, 0.29) is 17.3 Å². The lowest BCUT2D eigenvalue weighted by Gasteiger charge is -2.02. The molecule has 1 amide bonds. The highest BCUT2D eigenvalue weighted by Crippen LogP contribution is 2.14. The van der Waals surface area contributed by atoms with Crippen molar-refractivity contribution in [3.05, 3.63) is 35.5 Å². The molecule has 0 unspecified atom stereocenters. The van der Waals surface area contributed by atoms with Gasteiger partial charge in [-0.25, -0.2) is 10.1 Å². The van der Waals surface area contributed by atoms with Gasteiger partial charge in [-0.1, -0.05) is 5.21 Å². The summed E-state index contributed by atoms with van der Waals surface area (Å²) < 4.78 is 10.7. The van der Waals surface area contributed by atoms with Crippen LogP contribution in [0.15, 0.2) is 32.5 Å². The number of nitrogen functional groups attached to an aromatic ring is 1. The molecule has 3 aromatic rings. The molecule has 3 heterocycles. The number of aromatic nitrogens is 5. The molecule has 0 aliphatic rings. The fourth-order valence-electron chi connectivity index (χ4n) is 1.68. The second-order valence-electron chi connectivity index (χ2n) is 4.12. The fraction of sp³-hybridized carbons (Fsp3) is 0.0909. The van der Waals surface area contributed by atoms with Crippen LogP contribution in [0.25, 0.3) is 5.82 Å². The number of nitrogens with one attached hydrogen (secondary N) is 1. The van der Waals surface area contributed by atoms with E-state index in [0.717, 1.165) is 4.68 Å². The number of nitrogens with zero attached hydrogens (tertiary/aromatic N) is 6. The summed E-state index contributed by atoms with van der Waals surface area (Å²) in [6.07, 6.45) is 2.85. The van der Waals surface area contributed by atoms with Gasteiger partial charge in [-0.05, 0) is 29.4 Å². The quantitative estimate of drug-likeness (QED) is 0.500. The minimum atomic E-state index is -0.548. The van der Waals surface area contributed by atoms with Gasteiger partial charge in [0.25, 0.3) is 5.91 Å². The van der Waals surface area contributed by atoms with Gasteiger partial charge in [0.2, 0.25) is 11.6 Å². The van der Waals surface area contributed by atoms with E-state index in [1.807, 2.05) is 0 Å². The van der Waals surface area contributed by atoms with Crippen molar-refractivity contribution in [3.8, 4) is 5.82 Å². The zero-order valence-electron chi connectivity index (χ0n) is 11.3. The number of rotatable bonds is 4. The molecule has 22 heavy (non-hydrogen) atoms. The van der Waals surface area contributed by atoms with Gasteiger partial charge >= 0.3 is 0 Å². The van der Waals surface area contributed by atoms with E-state index in [1.54, 1.807) is 19.1 Å². The van der Waals surface area contributed by atoms with Crippen LogP contribution in [-0.2, 0) is 0 Å². The third kappa shape index (κ3) is 2.42. The van der Waals surface area contributed by atoms with Crippen molar-refractivity contribution in [1.82, 2.24) is 30.7 Å². The molecule has 0 atom stereocenters. The Morgan fingerprint density at radius 2 is 2.36 bits per heavy atom. The van der Waals surface area contributed by atoms with Crippen molar-refractivity contribution in [2.45, 2.75) is 6.92 Å². The number of amides is 1. The average Bonchev–Trinajstić information content (AvgIpc) is 3.20. The van der Waals surface area contributed by atoms with E-state index in [0.29, 0.717) is 11.5 Å². The Morgan fingerprint density at radius 3 is 3.05 bits per heavy atom. The summed E-state index contributed by atoms with van der Waals surface area (Å²) in [4.78, 5) is 12.2. The third-order valence-corrected chi connectivity index (χ3v) is 2.65. The lowest BCUT2D eigenvalue weighted by Crippen LogP contribution is -2.22. The van der Waals surface area contributed by atoms with Crippen LogP contribution in [-0.4, -0.2) is 37.4 Å². The molecule has 0 saturated heterocycles. The first-order chi connectivity index (χ1) is 10.7. The van der Waals surface area contributed by atoms with E-state index < -0.39 is 5.91 Å². The standard InChI is InChI=1S/C11H10N8O3/c1-6-8(11(20)15-13-5-7-3-2-4-21-7)19(18-14-6)10-9(12)16-22-17-10/h2-5H,1H3,(H2,12,16)(H,15,20)/b13-5-. The van der Waals surface area contributed by atoms with Crippen molar-refractivity contribution in [2.75, 3.05) is 5.73 Å². The molecule has 11 nitrogen and oxygen atoms in total. The van der Waals surface area contributed by atoms with Crippen LogP contribution in [0.1, 0.15) is 21.9 Å². The maximum atomic E-state index is 12.2. The number of carbonyl (C=O) groups excluding carboxylic acids is 1. The Hall–Kier alpha value is -3.50. The van der Waals surface area contributed by atoms with Crippen LogP contribution in [0.4, 0.5) is 5.82 Å². The topological polar surface area (TPSA) is 150 Å². The molecule has 11 heteroatoms. The molecule has 0 bridgehead atoms. The highest BCUT2D eigenvalue weighted by Gasteiger charge is 2.22. The summed E-state index contributed by atoms with van der Waals surface area (Å²) >= 11 is 0. The summed E-state index contributed by atoms with van der Waals surface area (Å²) in [7, 11) is 0. The normalized spacial score (nSPS) is 11.1. The van der Waals surface area contributed by atoms with E-state index in [1.165, 1.54) is 12.5 Å². The van der Waals surface area contributed by atoms with E-state index in [9.17, 15) is 4.79 Å². The molecular formula is C11H10N8O3. The Balaban J connectivity index is 1.84. The van der Waals surface area contributed by atoms with Crippen LogP contribution in [0, 0.1) is 6.92 Å². The van der Waals surface area contributed by atoms with Crippen LogP contribution >= 0.6 is 0 Å². The highest BCUT2D eigenvalue weighted by atomic mass is 16.6. The van der Waals surface area contributed by atoms with E-state index in [2.05, 4.69) is 35.8 Å². The van der Waals surface area contributed by atoms with Crippen molar-refractivity contribution >= 4 is 17.9 Å². The number of aryl methyl sites for hydroxylation is 1. The number of hydrogen-bond acceptors (Lipinski definition) is 9. The van der Waals surface area contributed by atoms with Gasteiger partial charge < -0.3 is 10.2 Å². The summed E-state index contributed by atoms with van der Waals surface area (Å²) in [5.41, 5.74) is 8.40. The molecule has 0 radical (unpaired) electrons. The second-order valence-corrected chi connectivity index (χ2v) is 4.12. The van der Waals surface area contributed by atoms with Gasteiger partial charge in [0.15, 0.2) is 5.69 Å². The van der Waals surface area contributed by atoms with E-state index in [4.69, 9.17) is 10.2 Å². The summed E-state index contributed by atoms with van der Waals surface area (Å²) in [6.45, 7) is 1.61. The summed E-state index contributed by atoms with van der Waals surface area (Å²) in [5.74, 6) is 0.0000995.